The van der Waals surface area contributed by atoms with E-state index in [0.29, 0.717) is 29.2 Å². The molecule has 7 heteroatoms. The van der Waals surface area contributed by atoms with Crippen LogP contribution in [-0.4, -0.2) is 54.7 Å². The van der Waals surface area contributed by atoms with Crippen LogP contribution in [0.5, 0.6) is 0 Å². The van der Waals surface area contributed by atoms with Crippen molar-refractivity contribution in [3.63, 3.8) is 0 Å². The van der Waals surface area contributed by atoms with E-state index in [0.717, 1.165) is 5.56 Å². The highest BCUT2D eigenvalue weighted by Gasteiger charge is 2.15. The Morgan fingerprint density at radius 3 is 2.25 bits per heavy atom. The fourth-order valence-corrected chi connectivity index (χ4v) is 2.80. The Kier molecular flexibility index (Phi) is 7.58. The van der Waals surface area contributed by atoms with Crippen LogP contribution in [0.1, 0.15) is 33.2 Å². The lowest BCUT2D eigenvalue weighted by molar-refractivity contribution is -0.130. The second-order valence-electron chi connectivity index (χ2n) is 6.50. The summed E-state index contributed by atoms with van der Waals surface area (Å²) >= 11 is 5.88. The van der Waals surface area contributed by atoms with Crippen molar-refractivity contribution in [3.8, 4) is 0 Å². The molecule has 0 aromatic heterocycles. The Labute approximate surface area is 170 Å². The standard InChI is InChI=1S/C21H24ClN3O3/c1-4-25(14-15-8-10-16(11-9-15)21(28)24(2)3)19(26)13-23-20(27)17-6-5-7-18(22)12-17/h5-12H,4,13-14H2,1-3H3,(H,23,27). The highest BCUT2D eigenvalue weighted by molar-refractivity contribution is 6.31. The number of benzene rings is 2. The zero-order valence-corrected chi connectivity index (χ0v) is 17.0. The van der Waals surface area contributed by atoms with E-state index < -0.39 is 0 Å². The van der Waals surface area contributed by atoms with Gasteiger partial charge in [-0.1, -0.05) is 29.8 Å². The van der Waals surface area contributed by atoms with E-state index in [2.05, 4.69) is 5.32 Å². The van der Waals surface area contributed by atoms with Gasteiger partial charge in [0.2, 0.25) is 5.91 Å². The summed E-state index contributed by atoms with van der Waals surface area (Å²) in [6, 6.07) is 13.7. The largest absolute Gasteiger partial charge is 0.345 e. The molecule has 2 aromatic carbocycles. The molecule has 0 aliphatic carbocycles. The molecule has 0 fully saturated rings. The summed E-state index contributed by atoms with van der Waals surface area (Å²) in [6.45, 7) is 2.68. The number of hydrogen-bond donors (Lipinski definition) is 1. The summed E-state index contributed by atoms with van der Waals surface area (Å²) in [7, 11) is 3.40. The third-order valence-corrected chi connectivity index (χ3v) is 4.44. The molecule has 0 unspecified atom stereocenters. The van der Waals surface area contributed by atoms with Gasteiger partial charge in [0.25, 0.3) is 11.8 Å². The molecule has 0 heterocycles. The zero-order chi connectivity index (χ0) is 20.7. The summed E-state index contributed by atoms with van der Waals surface area (Å²) in [5, 5.41) is 3.09. The van der Waals surface area contributed by atoms with Crippen molar-refractivity contribution >= 4 is 29.3 Å². The lowest BCUT2D eigenvalue weighted by Crippen LogP contribution is -2.39. The molecule has 0 saturated heterocycles. The van der Waals surface area contributed by atoms with Crippen molar-refractivity contribution in [2.24, 2.45) is 0 Å². The number of likely N-dealkylation sites (N-methyl/N-ethyl adjacent to an activating group) is 1. The fourth-order valence-electron chi connectivity index (χ4n) is 2.61. The minimum absolute atomic E-state index is 0.0706. The monoisotopic (exact) mass is 401 g/mol. The molecular weight excluding hydrogens is 378 g/mol. The van der Waals surface area contributed by atoms with Gasteiger partial charge in [-0.25, -0.2) is 0 Å². The lowest BCUT2D eigenvalue weighted by Gasteiger charge is -2.21. The average molecular weight is 402 g/mol. The molecule has 0 atom stereocenters. The van der Waals surface area contributed by atoms with Crippen LogP contribution in [-0.2, 0) is 11.3 Å². The van der Waals surface area contributed by atoms with Gasteiger partial charge in [0.1, 0.15) is 0 Å². The summed E-state index contributed by atoms with van der Waals surface area (Å²) in [5.74, 6) is -0.608. The van der Waals surface area contributed by atoms with E-state index in [-0.39, 0.29) is 24.3 Å². The summed E-state index contributed by atoms with van der Waals surface area (Å²) in [6.07, 6.45) is 0. The minimum Gasteiger partial charge on any atom is -0.345 e. The van der Waals surface area contributed by atoms with Crippen LogP contribution in [0.25, 0.3) is 0 Å². The molecule has 0 aliphatic heterocycles. The lowest BCUT2D eigenvalue weighted by atomic mass is 10.1. The van der Waals surface area contributed by atoms with Crippen molar-refractivity contribution < 1.29 is 14.4 Å². The topological polar surface area (TPSA) is 69.7 Å². The number of nitrogens with zero attached hydrogens (tertiary/aromatic N) is 2. The molecule has 2 rings (SSSR count). The van der Waals surface area contributed by atoms with Crippen molar-refractivity contribution in [3.05, 3.63) is 70.2 Å². The molecule has 148 valence electrons. The maximum atomic E-state index is 12.5. The van der Waals surface area contributed by atoms with Crippen molar-refractivity contribution in [2.45, 2.75) is 13.5 Å². The Morgan fingerprint density at radius 2 is 1.68 bits per heavy atom. The van der Waals surface area contributed by atoms with Gasteiger partial charge >= 0.3 is 0 Å². The molecule has 0 bridgehead atoms. The van der Waals surface area contributed by atoms with Gasteiger partial charge in [0.15, 0.2) is 0 Å². The first kappa shape index (κ1) is 21.4. The molecule has 6 nitrogen and oxygen atoms in total. The van der Waals surface area contributed by atoms with Gasteiger partial charge < -0.3 is 15.1 Å². The summed E-state index contributed by atoms with van der Waals surface area (Å²) < 4.78 is 0. The highest BCUT2D eigenvalue weighted by atomic mass is 35.5. The maximum Gasteiger partial charge on any atom is 0.253 e. The van der Waals surface area contributed by atoms with Crippen LogP contribution < -0.4 is 5.32 Å². The van der Waals surface area contributed by atoms with Crippen LogP contribution in [0.3, 0.4) is 0 Å². The molecule has 0 spiro atoms. The Morgan fingerprint density at radius 1 is 1.00 bits per heavy atom. The van der Waals surface area contributed by atoms with E-state index in [4.69, 9.17) is 11.6 Å². The number of amides is 3. The molecular formula is C21H24ClN3O3. The molecule has 28 heavy (non-hydrogen) atoms. The number of carbonyl (C=O) groups excluding carboxylic acids is 3. The van der Waals surface area contributed by atoms with Crippen LogP contribution in [0.4, 0.5) is 0 Å². The number of halogens is 1. The molecule has 1 N–H and O–H groups in total. The third kappa shape index (κ3) is 5.82. The van der Waals surface area contributed by atoms with Gasteiger partial charge in [-0.05, 0) is 42.8 Å². The zero-order valence-electron chi connectivity index (χ0n) is 16.2. The van der Waals surface area contributed by atoms with Crippen molar-refractivity contribution in [1.82, 2.24) is 15.1 Å². The third-order valence-electron chi connectivity index (χ3n) is 4.20. The molecule has 3 amide bonds. The van der Waals surface area contributed by atoms with Crippen LogP contribution in [0.15, 0.2) is 48.5 Å². The Bertz CT molecular complexity index is 850. The Balaban J connectivity index is 1.94. The normalized spacial score (nSPS) is 10.3. The van der Waals surface area contributed by atoms with Gasteiger partial charge in [0.05, 0.1) is 6.54 Å². The molecule has 0 radical (unpaired) electrons. The first-order valence-corrected chi connectivity index (χ1v) is 9.31. The number of carbonyl (C=O) groups is 3. The summed E-state index contributed by atoms with van der Waals surface area (Å²) in [5.41, 5.74) is 1.91. The van der Waals surface area contributed by atoms with Gasteiger partial charge in [-0.15, -0.1) is 0 Å². The van der Waals surface area contributed by atoms with Crippen LogP contribution in [0.2, 0.25) is 5.02 Å². The SMILES string of the molecule is CCN(Cc1ccc(C(=O)N(C)C)cc1)C(=O)CNC(=O)c1cccc(Cl)c1. The van der Waals surface area contributed by atoms with Gasteiger partial charge in [-0.2, -0.15) is 0 Å². The van der Waals surface area contributed by atoms with E-state index in [1.54, 1.807) is 55.4 Å². The van der Waals surface area contributed by atoms with Crippen LogP contribution in [0, 0.1) is 0 Å². The molecule has 2 aromatic rings. The quantitative estimate of drug-likeness (QED) is 0.775. The first-order chi connectivity index (χ1) is 13.3. The van der Waals surface area contributed by atoms with Crippen molar-refractivity contribution in [1.29, 1.82) is 0 Å². The van der Waals surface area contributed by atoms with E-state index in [1.807, 2.05) is 19.1 Å². The molecule has 0 saturated carbocycles. The Hall–Kier alpha value is -2.86. The smallest absolute Gasteiger partial charge is 0.253 e. The first-order valence-electron chi connectivity index (χ1n) is 8.94. The van der Waals surface area contributed by atoms with Crippen LogP contribution >= 0.6 is 11.6 Å². The summed E-state index contributed by atoms with van der Waals surface area (Å²) in [4.78, 5) is 39.7. The number of rotatable bonds is 7. The van der Waals surface area contributed by atoms with Gasteiger partial charge in [0, 0.05) is 43.3 Å². The number of hydrogen-bond acceptors (Lipinski definition) is 3. The van der Waals surface area contributed by atoms with Gasteiger partial charge in [-0.3, -0.25) is 14.4 Å². The average Bonchev–Trinajstić information content (AvgIpc) is 2.69. The maximum absolute atomic E-state index is 12.5. The van der Waals surface area contributed by atoms with Crippen molar-refractivity contribution in [2.75, 3.05) is 27.2 Å². The van der Waals surface area contributed by atoms with E-state index in [9.17, 15) is 14.4 Å². The molecule has 0 aliphatic rings. The fraction of sp³-hybridized carbons (Fsp3) is 0.286. The predicted octanol–water partition coefficient (Wildman–Crippen LogP) is 2.82. The number of nitrogens with one attached hydrogen (secondary N) is 1. The van der Waals surface area contributed by atoms with E-state index >= 15 is 0 Å². The highest BCUT2D eigenvalue weighted by Crippen LogP contribution is 2.11. The van der Waals surface area contributed by atoms with E-state index in [1.165, 1.54) is 4.90 Å². The minimum atomic E-state index is -0.349. The predicted molar refractivity (Wildman–Crippen MR) is 109 cm³/mol. The second-order valence-corrected chi connectivity index (χ2v) is 6.93. The second kappa shape index (κ2) is 9.90.